The first-order chi connectivity index (χ1) is 11.1. The molecule has 0 aliphatic rings. The van der Waals surface area contributed by atoms with Crippen LogP contribution in [0.3, 0.4) is 0 Å². The Balaban J connectivity index is 2.48. The molecule has 0 heterocycles. The zero-order valence-electron chi connectivity index (χ0n) is 12.0. The Morgan fingerprint density at radius 3 is 1.79 bits per heavy atom. The number of ether oxygens (including phenoxy) is 1. The van der Waals surface area contributed by atoms with Crippen LogP contribution in [0, 0.1) is 27.2 Å². The molecule has 24 heavy (non-hydrogen) atoms. The number of nitro groups is 2. The Labute approximate surface area is 132 Å². The van der Waals surface area contributed by atoms with Crippen LogP contribution in [-0.2, 0) is 6.18 Å². The molecule has 2 rings (SSSR count). The van der Waals surface area contributed by atoms with Crippen LogP contribution in [0.4, 0.5) is 24.5 Å². The number of rotatable bonds is 4. The largest absolute Gasteiger partial charge is 0.444 e. The van der Waals surface area contributed by atoms with Gasteiger partial charge in [0, 0.05) is 12.1 Å². The average molecular weight is 342 g/mol. The summed E-state index contributed by atoms with van der Waals surface area (Å²) in [4.78, 5) is 20.4. The van der Waals surface area contributed by atoms with Crippen molar-refractivity contribution in [2.75, 3.05) is 0 Å². The van der Waals surface area contributed by atoms with Crippen LogP contribution in [0.25, 0.3) is 0 Å². The standard InChI is InChI=1S/C14H9F3N2O5/c1-8-6-11(18(20)21)13(12(7-8)19(22)23)24-10-4-2-9(3-5-10)14(15,16)17/h2-7H,1H3. The van der Waals surface area contributed by atoms with Crippen LogP contribution in [0.15, 0.2) is 36.4 Å². The molecule has 126 valence electrons. The molecule has 0 aromatic heterocycles. The van der Waals surface area contributed by atoms with E-state index < -0.39 is 38.7 Å². The third-order valence-corrected chi connectivity index (χ3v) is 2.99. The molecule has 2 aromatic rings. The molecule has 0 radical (unpaired) electrons. The van der Waals surface area contributed by atoms with Crippen molar-refractivity contribution in [2.24, 2.45) is 0 Å². The van der Waals surface area contributed by atoms with Crippen molar-refractivity contribution in [2.45, 2.75) is 13.1 Å². The van der Waals surface area contributed by atoms with Gasteiger partial charge in [-0.25, -0.2) is 0 Å². The van der Waals surface area contributed by atoms with Crippen LogP contribution < -0.4 is 4.74 Å². The van der Waals surface area contributed by atoms with Gasteiger partial charge in [-0.05, 0) is 36.8 Å². The molecule has 0 unspecified atom stereocenters. The maximum Gasteiger partial charge on any atom is 0.416 e. The van der Waals surface area contributed by atoms with E-state index in [-0.39, 0.29) is 11.3 Å². The predicted molar refractivity (Wildman–Crippen MR) is 76.0 cm³/mol. The first-order valence-corrected chi connectivity index (χ1v) is 6.38. The van der Waals surface area contributed by atoms with E-state index in [1.165, 1.54) is 6.92 Å². The number of alkyl halides is 3. The predicted octanol–water partition coefficient (Wildman–Crippen LogP) is 4.62. The van der Waals surface area contributed by atoms with Crippen molar-refractivity contribution in [1.29, 1.82) is 0 Å². The van der Waals surface area contributed by atoms with E-state index in [1.54, 1.807) is 0 Å². The molecule has 0 N–H and O–H groups in total. The second-order valence-electron chi connectivity index (χ2n) is 4.77. The van der Waals surface area contributed by atoms with Gasteiger partial charge in [-0.15, -0.1) is 0 Å². The van der Waals surface area contributed by atoms with Crippen molar-refractivity contribution in [3.63, 3.8) is 0 Å². The summed E-state index contributed by atoms with van der Waals surface area (Å²) < 4.78 is 42.7. The minimum absolute atomic E-state index is 0.196. The molecule has 0 fully saturated rings. The van der Waals surface area contributed by atoms with Crippen molar-refractivity contribution >= 4 is 11.4 Å². The molecule has 2 aromatic carbocycles. The zero-order chi connectivity index (χ0) is 18.1. The summed E-state index contributed by atoms with van der Waals surface area (Å²) in [5.74, 6) is -0.839. The van der Waals surface area contributed by atoms with Crippen molar-refractivity contribution < 1.29 is 27.8 Å². The Morgan fingerprint density at radius 2 is 1.42 bits per heavy atom. The monoisotopic (exact) mass is 342 g/mol. The molecule has 0 saturated carbocycles. The average Bonchev–Trinajstić information content (AvgIpc) is 2.47. The van der Waals surface area contributed by atoms with E-state index >= 15 is 0 Å². The molecule has 0 spiro atoms. The molecule has 0 saturated heterocycles. The SMILES string of the molecule is Cc1cc([N+](=O)[O-])c(Oc2ccc(C(F)(F)F)cc2)c([N+](=O)[O-])c1. The van der Waals surface area contributed by atoms with Gasteiger partial charge in [0.1, 0.15) is 5.75 Å². The van der Waals surface area contributed by atoms with Gasteiger partial charge < -0.3 is 4.74 Å². The highest BCUT2D eigenvalue weighted by Gasteiger charge is 2.31. The van der Waals surface area contributed by atoms with Crippen molar-refractivity contribution in [3.05, 3.63) is 67.8 Å². The van der Waals surface area contributed by atoms with Crippen LogP contribution in [0.5, 0.6) is 11.5 Å². The van der Waals surface area contributed by atoms with Gasteiger partial charge in [-0.1, -0.05) is 0 Å². The summed E-state index contributed by atoms with van der Waals surface area (Å²) >= 11 is 0. The van der Waals surface area contributed by atoms with Gasteiger partial charge in [0.25, 0.3) is 5.75 Å². The molecule has 0 aliphatic heterocycles. The van der Waals surface area contributed by atoms with E-state index in [2.05, 4.69) is 0 Å². The summed E-state index contributed by atoms with van der Waals surface area (Å²) in [5, 5.41) is 22.2. The molecule has 7 nitrogen and oxygen atoms in total. The topological polar surface area (TPSA) is 95.5 Å². The number of hydrogen-bond acceptors (Lipinski definition) is 5. The lowest BCUT2D eigenvalue weighted by atomic mass is 10.1. The number of halogens is 3. The van der Waals surface area contributed by atoms with Gasteiger partial charge in [0.2, 0.25) is 0 Å². The van der Waals surface area contributed by atoms with Gasteiger partial charge in [0.15, 0.2) is 0 Å². The lowest BCUT2D eigenvalue weighted by Crippen LogP contribution is -2.04. The normalized spacial score (nSPS) is 11.2. The molecule has 0 atom stereocenters. The summed E-state index contributed by atoms with van der Waals surface area (Å²) in [6.07, 6.45) is -4.56. The summed E-state index contributed by atoms with van der Waals surface area (Å²) in [5.41, 5.74) is -1.97. The molecule has 10 heteroatoms. The quantitative estimate of drug-likeness (QED) is 0.596. The summed E-state index contributed by atoms with van der Waals surface area (Å²) in [6, 6.07) is 5.42. The lowest BCUT2D eigenvalue weighted by molar-refractivity contribution is -0.395. The van der Waals surface area contributed by atoms with E-state index in [9.17, 15) is 33.4 Å². The first-order valence-electron chi connectivity index (χ1n) is 6.38. The fourth-order valence-electron chi connectivity index (χ4n) is 1.94. The van der Waals surface area contributed by atoms with E-state index in [1.807, 2.05) is 0 Å². The van der Waals surface area contributed by atoms with E-state index in [0.717, 1.165) is 24.3 Å². The van der Waals surface area contributed by atoms with Gasteiger partial charge in [-0.2, -0.15) is 13.2 Å². The fraction of sp³-hybridized carbons (Fsp3) is 0.143. The second-order valence-corrected chi connectivity index (χ2v) is 4.77. The maximum atomic E-state index is 12.5. The van der Waals surface area contributed by atoms with E-state index in [0.29, 0.717) is 12.1 Å². The highest BCUT2D eigenvalue weighted by Crippen LogP contribution is 2.41. The number of aryl methyl sites for hydroxylation is 1. The Morgan fingerprint density at radius 1 is 0.958 bits per heavy atom. The Kier molecular flexibility index (Phi) is 4.40. The van der Waals surface area contributed by atoms with Crippen LogP contribution in [-0.4, -0.2) is 9.85 Å². The lowest BCUT2D eigenvalue weighted by Gasteiger charge is -2.10. The number of nitro benzene ring substituents is 2. The Bertz CT molecular complexity index is 768. The van der Waals surface area contributed by atoms with Gasteiger partial charge in [-0.3, -0.25) is 20.2 Å². The highest BCUT2D eigenvalue weighted by atomic mass is 19.4. The molecule has 0 amide bonds. The fourth-order valence-corrected chi connectivity index (χ4v) is 1.94. The van der Waals surface area contributed by atoms with Crippen molar-refractivity contribution in [3.8, 4) is 11.5 Å². The zero-order valence-corrected chi connectivity index (χ0v) is 12.0. The third-order valence-electron chi connectivity index (χ3n) is 2.99. The number of hydrogen-bond donors (Lipinski definition) is 0. The van der Waals surface area contributed by atoms with Crippen LogP contribution >= 0.6 is 0 Å². The molecule has 0 bridgehead atoms. The summed E-state index contributed by atoms with van der Waals surface area (Å²) in [6.45, 7) is 1.43. The minimum atomic E-state index is -4.56. The first kappa shape index (κ1) is 17.2. The van der Waals surface area contributed by atoms with E-state index in [4.69, 9.17) is 4.74 Å². The van der Waals surface area contributed by atoms with Gasteiger partial charge >= 0.3 is 17.6 Å². The number of benzene rings is 2. The number of nitrogens with zero attached hydrogens (tertiary/aromatic N) is 2. The van der Waals surface area contributed by atoms with Crippen molar-refractivity contribution in [1.82, 2.24) is 0 Å². The molecule has 0 aliphatic carbocycles. The highest BCUT2D eigenvalue weighted by molar-refractivity contribution is 5.63. The second kappa shape index (κ2) is 6.14. The summed E-state index contributed by atoms with van der Waals surface area (Å²) in [7, 11) is 0. The maximum absolute atomic E-state index is 12.5. The minimum Gasteiger partial charge on any atom is -0.444 e. The van der Waals surface area contributed by atoms with Crippen LogP contribution in [0.1, 0.15) is 11.1 Å². The Hall–Kier alpha value is -3.17. The molecular weight excluding hydrogens is 333 g/mol. The van der Waals surface area contributed by atoms with Crippen LogP contribution in [0.2, 0.25) is 0 Å². The smallest absolute Gasteiger partial charge is 0.416 e. The van der Waals surface area contributed by atoms with Gasteiger partial charge in [0.05, 0.1) is 15.4 Å². The molecular formula is C14H9F3N2O5. The third kappa shape index (κ3) is 3.59.